The van der Waals surface area contributed by atoms with Crippen molar-refractivity contribution < 1.29 is 4.79 Å². The summed E-state index contributed by atoms with van der Waals surface area (Å²) in [4.78, 5) is 29.1. The second-order valence-electron chi connectivity index (χ2n) is 6.39. The van der Waals surface area contributed by atoms with E-state index in [-0.39, 0.29) is 11.9 Å². The van der Waals surface area contributed by atoms with Crippen LogP contribution in [0, 0.1) is 0 Å². The third kappa shape index (κ3) is 2.88. The van der Waals surface area contributed by atoms with Crippen LogP contribution in [-0.2, 0) is 10.2 Å². The third-order valence-corrected chi connectivity index (χ3v) is 4.89. The molecule has 1 saturated carbocycles. The second kappa shape index (κ2) is 6.51. The highest BCUT2D eigenvalue weighted by Crippen LogP contribution is 2.44. The minimum atomic E-state index is -0.506. The second-order valence-corrected chi connectivity index (χ2v) is 6.39. The quantitative estimate of drug-likeness (QED) is 0.752. The minimum absolute atomic E-state index is 0.0344. The van der Waals surface area contributed by atoms with E-state index >= 15 is 0 Å². The summed E-state index contributed by atoms with van der Waals surface area (Å²) >= 11 is 0. The molecule has 1 amide bonds. The molecule has 0 unspecified atom stereocenters. The van der Waals surface area contributed by atoms with Crippen LogP contribution in [0.1, 0.15) is 24.8 Å². The normalized spacial score (nSPS) is 15.1. The van der Waals surface area contributed by atoms with E-state index in [0.717, 1.165) is 36.0 Å². The SMILES string of the molecule is Nc1ncc(-c2ccc(C3(C(=O)Nc4cnccn4)CCC3)cc2)cn1. The van der Waals surface area contributed by atoms with E-state index in [0.29, 0.717) is 5.82 Å². The topological polar surface area (TPSA) is 107 Å². The lowest BCUT2D eigenvalue weighted by molar-refractivity contribution is -0.124. The number of hydrogen-bond donors (Lipinski definition) is 2. The summed E-state index contributed by atoms with van der Waals surface area (Å²) in [5.41, 5.74) is 7.90. The fraction of sp³-hybridized carbons (Fsp3) is 0.211. The Morgan fingerprint density at radius 3 is 2.27 bits per heavy atom. The van der Waals surface area contributed by atoms with Gasteiger partial charge in [-0.2, -0.15) is 0 Å². The zero-order valence-electron chi connectivity index (χ0n) is 14.1. The van der Waals surface area contributed by atoms with Gasteiger partial charge in [-0.05, 0) is 24.0 Å². The molecule has 0 bridgehead atoms. The summed E-state index contributed by atoms with van der Waals surface area (Å²) in [7, 11) is 0. The van der Waals surface area contributed by atoms with Gasteiger partial charge in [0, 0.05) is 30.4 Å². The fourth-order valence-electron chi connectivity index (χ4n) is 3.25. The zero-order valence-corrected chi connectivity index (χ0v) is 14.1. The highest BCUT2D eigenvalue weighted by molar-refractivity contribution is 5.99. The predicted octanol–water partition coefficient (Wildman–Crippen LogP) is 2.58. The summed E-state index contributed by atoms with van der Waals surface area (Å²) < 4.78 is 0. The first-order valence-corrected chi connectivity index (χ1v) is 8.43. The van der Waals surface area contributed by atoms with Gasteiger partial charge in [0.2, 0.25) is 11.9 Å². The molecule has 4 rings (SSSR count). The molecule has 0 atom stereocenters. The number of benzene rings is 1. The molecule has 7 nitrogen and oxygen atoms in total. The molecule has 1 aliphatic rings. The Morgan fingerprint density at radius 1 is 0.962 bits per heavy atom. The minimum Gasteiger partial charge on any atom is -0.368 e. The van der Waals surface area contributed by atoms with Crippen molar-refractivity contribution in [2.45, 2.75) is 24.7 Å². The van der Waals surface area contributed by atoms with E-state index in [1.807, 2.05) is 24.3 Å². The number of anilines is 2. The molecule has 0 aliphatic heterocycles. The molecule has 1 aliphatic carbocycles. The third-order valence-electron chi connectivity index (χ3n) is 4.89. The predicted molar refractivity (Wildman–Crippen MR) is 98.1 cm³/mol. The molecule has 2 aromatic heterocycles. The standard InChI is InChI=1S/C19H18N6O/c20-18-23-10-14(11-24-18)13-2-4-15(5-3-13)19(6-1-7-19)17(26)25-16-12-21-8-9-22-16/h2-5,8-12H,1,6-7H2,(H2,20,23,24)(H,22,25,26). The summed E-state index contributed by atoms with van der Waals surface area (Å²) in [6.45, 7) is 0. The van der Waals surface area contributed by atoms with Gasteiger partial charge in [0.25, 0.3) is 0 Å². The van der Waals surface area contributed by atoms with Crippen molar-refractivity contribution in [3.8, 4) is 11.1 Å². The molecule has 2 heterocycles. The van der Waals surface area contributed by atoms with E-state index in [9.17, 15) is 4.79 Å². The van der Waals surface area contributed by atoms with Crippen molar-refractivity contribution in [1.29, 1.82) is 0 Å². The number of nitrogens with two attached hydrogens (primary N) is 1. The molecule has 7 heteroatoms. The van der Waals surface area contributed by atoms with Crippen LogP contribution in [0.4, 0.5) is 11.8 Å². The van der Waals surface area contributed by atoms with E-state index in [4.69, 9.17) is 5.73 Å². The van der Waals surface area contributed by atoms with Crippen molar-refractivity contribution in [1.82, 2.24) is 19.9 Å². The van der Waals surface area contributed by atoms with Crippen molar-refractivity contribution >= 4 is 17.7 Å². The van der Waals surface area contributed by atoms with Crippen LogP contribution in [0.25, 0.3) is 11.1 Å². The van der Waals surface area contributed by atoms with Gasteiger partial charge in [-0.15, -0.1) is 0 Å². The molecule has 0 radical (unpaired) electrons. The number of aromatic nitrogens is 4. The molecular formula is C19H18N6O. The number of rotatable bonds is 4. The van der Waals surface area contributed by atoms with E-state index in [2.05, 4.69) is 25.3 Å². The average molecular weight is 346 g/mol. The highest BCUT2D eigenvalue weighted by atomic mass is 16.2. The van der Waals surface area contributed by atoms with Gasteiger partial charge in [-0.1, -0.05) is 30.7 Å². The van der Waals surface area contributed by atoms with Crippen LogP contribution in [0.2, 0.25) is 0 Å². The summed E-state index contributed by atoms with van der Waals surface area (Å²) in [6, 6.07) is 7.97. The lowest BCUT2D eigenvalue weighted by Gasteiger charge is -2.40. The highest BCUT2D eigenvalue weighted by Gasteiger charge is 2.45. The Morgan fingerprint density at radius 2 is 1.69 bits per heavy atom. The van der Waals surface area contributed by atoms with Crippen LogP contribution in [0.5, 0.6) is 0 Å². The van der Waals surface area contributed by atoms with Crippen LogP contribution < -0.4 is 11.1 Å². The Labute approximate surface area is 150 Å². The lowest BCUT2D eigenvalue weighted by Crippen LogP contribution is -2.46. The Hall–Kier alpha value is -3.35. The van der Waals surface area contributed by atoms with E-state index in [1.165, 1.54) is 0 Å². The average Bonchev–Trinajstić information content (AvgIpc) is 2.63. The molecule has 3 N–H and O–H groups in total. The monoisotopic (exact) mass is 346 g/mol. The molecule has 26 heavy (non-hydrogen) atoms. The Kier molecular flexibility index (Phi) is 4.04. The number of hydrogen-bond acceptors (Lipinski definition) is 6. The van der Waals surface area contributed by atoms with Gasteiger partial charge in [0.05, 0.1) is 11.6 Å². The molecule has 1 fully saturated rings. The Bertz CT molecular complexity index is 905. The van der Waals surface area contributed by atoms with E-state index < -0.39 is 5.41 Å². The van der Waals surface area contributed by atoms with Crippen molar-refractivity contribution in [2.75, 3.05) is 11.1 Å². The first kappa shape index (κ1) is 16.1. The first-order chi connectivity index (χ1) is 12.7. The fourth-order valence-corrected chi connectivity index (χ4v) is 3.25. The van der Waals surface area contributed by atoms with Crippen LogP contribution in [0.15, 0.2) is 55.2 Å². The lowest BCUT2D eigenvalue weighted by atomic mass is 9.63. The summed E-state index contributed by atoms with van der Waals surface area (Å²) in [5, 5.41) is 2.89. The van der Waals surface area contributed by atoms with Gasteiger partial charge >= 0.3 is 0 Å². The maximum Gasteiger partial charge on any atom is 0.236 e. The number of amides is 1. The molecule has 130 valence electrons. The van der Waals surface area contributed by atoms with Crippen molar-refractivity contribution in [2.24, 2.45) is 0 Å². The smallest absolute Gasteiger partial charge is 0.236 e. The molecular weight excluding hydrogens is 328 g/mol. The number of nitrogens with one attached hydrogen (secondary N) is 1. The molecule has 3 aromatic rings. The van der Waals surface area contributed by atoms with Gasteiger partial charge < -0.3 is 11.1 Å². The van der Waals surface area contributed by atoms with Gasteiger partial charge in [-0.25, -0.2) is 15.0 Å². The Balaban J connectivity index is 1.58. The van der Waals surface area contributed by atoms with Crippen LogP contribution >= 0.6 is 0 Å². The maximum absolute atomic E-state index is 12.9. The molecule has 0 spiro atoms. The number of carbonyl (C=O) groups is 1. The van der Waals surface area contributed by atoms with Crippen LogP contribution in [-0.4, -0.2) is 25.8 Å². The maximum atomic E-state index is 12.9. The molecule has 1 aromatic carbocycles. The van der Waals surface area contributed by atoms with Gasteiger partial charge in [-0.3, -0.25) is 9.78 Å². The summed E-state index contributed by atoms with van der Waals surface area (Å²) in [5.74, 6) is 0.687. The van der Waals surface area contributed by atoms with Gasteiger partial charge in [0.1, 0.15) is 0 Å². The van der Waals surface area contributed by atoms with Crippen molar-refractivity contribution in [3.63, 3.8) is 0 Å². The van der Waals surface area contributed by atoms with Crippen LogP contribution in [0.3, 0.4) is 0 Å². The largest absolute Gasteiger partial charge is 0.368 e. The van der Waals surface area contributed by atoms with Crippen molar-refractivity contribution in [3.05, 3.63) is 60.8 Å². The zero-order chi connectivity index (χ0) is 18.0. The van der Waals surface area contributed by atoms with Gasteiger partial charge in [0.15, 0.2) is 5.82 Å². The number of nitrogens with zero attached hydrogens (tertiary/aromatic N) is 4. The first-order valence-electron chi connectivity index (χ1n) is 8.43. The van der Waals surface area contributed by atoms with E-state index in [1.54, 1.807) is 31.0 Å². The molecule has 0 saturated heterocycles. The summed E-state index contributed by atoms with van der Waals surface area (Å²) in [6.07, 6.45) is 10.7. The number of nitrogen functional groups attached to an aromatic ring is 1. The number of carbonyl (C=O) groups excluding carboxylic acids is 1.